The van der Waals surface area contributed by atoms with Crippen molar-refractivity contribution in [2.75, 3.05) is 31.1 Å². The molecule has 162 valence electrons. The van der Waals surface area contributed by atoms with E-state index < -0.39 is 10.0 Å². The fourth-order valence-electron chi connectivity index (χ4n) is 4.17. The van der Waals surface area contributed by atoms with Gasteiger partial charge in [-0.3, -0.25) is 4.79 Å². The van der Waals surface area contributed by atoms with Crippen molar-refractivity contribution in [3.8, 4) is 6.07 Å². The molecular weight excluding hydrogens is 414 g/mol. The second-order valence-electron chi connectivity index (χ2n) is 7.90. The van der Waals surface area contributed by atoms with Crippen molar-refractivity contribution in [2.24, 2.45) is 0 Å². The molecule has 1 aliphatic carbocycles. The van der Waals surface area contributed by atoms with Gasteiger partial charge in [-0.15, -0.1) is 0 Å². The first-order valence-corrected chi connectivity index (χ1v) is 12.0. The maximum absolute atomic E-state index is 13.0. The van der Waals surface area contributed by atoms with Gasteiger partial charge in [0.25, 0.3) is 5.91 Å². The van der Waals surface area contributed by atoms with Crippen molar-refractivity contribution >= 4 is 21.7 Å². The van der Waals surface area contributed by atoms with E-state index in [1.807, 2.05) is 4.90 Å². The molecule has 1 aromatic carbocycles. The van der Waals surface area contributed by atoms with Gasteiger partial charge in [0.1, 0.15) is 11.9 Å². The fourth-order valence-corrected chi connectivity index (χ4v) is 5.52. The van der Waals surface area contributed by atoms with Gasteiger partial charge in [-0.05, 0) is 43.2 Å². The van der Waals surface area contributed by atoms with Crippen molar-refractivity contribution in [3.05, 3.63) is 53.7 Å². The number of piperazine rings is 1. The molecule has 2 aromatic rings. The van der Waals surface area contributed by atoms with Crippen LogP contribution < -0.4 is 9.62 Å². The molecule has 1 saturated carbocycles. The second kappa shape index (κ2) is 9.04. The average Bonchev–Trinajstić information content (AvgIpc) is 3.31. The molecule has 9 heteroatoms. The van der Waals surface area contributed by atoms with Gasteiger partial charge in [-0.1, -0.05) is 18.9 Å². The summed E-state index contributed by atoms with van der Waals surface area (Å²) in [5.41, 5.74) is 0.869. The Labute approximate surface area is 182 Å². The van der Waals surface area contributed by atoms with Crippen LogP contribution in [0.15, 0.2) is 47.5 Å². The predicted octanol–water partition coefficient (Wildman–Crippen LogP) is 2.14. The Bertz CT molecular complexity index is 1100. The quantitative estimate of drug-likeness (QED) is 0.765. The van der Waals surface area contributed by atoms with E-state index in [2.05, 4.69) is 15.8 Å². The zero-order valence-electron chi connectivity index (χ0n) is 17.2. The summed E-state index contributed by atoms with van der Waals surface area (Å²) in [5.74, 6) is 0.433. The van der Waals surface area contributed by atoms with E-state index in [-0.39, 0.29) is 16.8 Å². The molecule has 2 aliphatic rings. The standard InChI is InChI=1S/C22H25N5O3S/c23-16-18-6-4-10-24-21(18)26-11-13-27(14-12-26)22(28)17-5-3-9-20(15-17)31(29,30)25-19-7-1-2-8-19/h3-6,9-10,15,19,25H,1-2,7-8,11-14H2. The van der Waals surface area contributed by atoms with E-state index in [1.54, 1.807) is 35.4 Å². The number of nitrogens with one attached hydrogen (secondary N) is 1. The number of pyridine rings is 1. The van der Waals surface area contributed by atoms with Crippen molar-refractivity contribution in [3.63, 3.8) is 0 Å². The fraction of sp³-hybridized carbons (Fsp3) is 0.409. The van der Waals surface area contributed by atoms with E-state index in [9.17, 15) is 18.5 Å². The summed E-state index contributed by atoms with van der Waals surface area (Å²) in [4.78, 5) is 21.1. The summed E-state index contributed by atoms with van der Waals surface area (Å²) in [5, 5.41) is 9.28. The molecule has 1 N–H and O–H groups in total. The highest BCUT2D eigenvalue weighted by Gasteiger charge is 2.26. The summed E-state index contributed by atoms with van der Waals surface area (Å²) in [6.45, 7) is 2.05. The maximum atomic E-state index is 13.0. The summed E-state index contributed by atoms with van der Waals surface area (Å²) in [6, 6.07) is 11.8. The molecule has 1 aliphatic heterocycles. The third-order valence-corrected chi connectivity index (χ3v) is 7.36. The van der Waals surface area contributed by atoms with Crippen LogP contribution in [0.25, 0.3) is 0 Å². The van der Waals surface area contributed by atoms with Crippen LogP contribution in [-0.2, 0) is 10.0 Å². The number of anilines is 1. The molecule has 0 unspecified atom stereocenters. The minimum Gasteiger partial charge on any atom is -0.352 e. The zero-order valence-corrected chi connectivity index (χ0v) is 18.0. The molecular formula is C22H25N5O3S. The molecule has 1 saturated heterocycles. The molecule has 0 radical (unpaired) electrons. The lowest BCUT2D eigenvalue weighted by molar-refractivity contribution is 0.0746. The first kappa shape index (κ1) is 21.3. The van der Waals surface area contributed by atoms with E-state index in [4.69, 9.17) is 0 Å². The van der Waals surface area contributed by atoms with Crippen LogP contribution in [0.2, 0.25) is 0 Å². The van der Waals surface area contributed by atoms with Gasteiger partial charge in [0.2, 0.25) is 10.0 Å². The van der Waals surface area contributed by atoms with Gasteiger partial charge in [-0.25, -0.2) is 18.1 Å². The van der Waals surface area contributed by atoms with Crippen molar-refractivity contribution in [1.82, 2.24) is 14.6 Å². The molecule has 1 aromatic heterocycles. The normalized spacial score (nSPS) is 17.5. The summed E-state index contributed by atoms with van der Waals surface area (Å²) in [6.07, 6.45) is 5.43. The molecule has 1 amide bonds. The molecule has 0 spiro atoms. The molecule has 31 heavy (non-hydrogen) atoms. The smallest absolute Gasteiger partial charge is 0.254 e. The lowest BCUT2D eigenvalue weighted by Gasteiger charge is -2.35. The van der Waals surface area contributed by atoms with E-state index in [0.717, 1.165) is 25.7 Å². The minimum atomic E-state index is -3.65. The molecule has 8 nitrogen and oxygen atoms in total. The third-order valence-electron chi connectivity index (χ3n) is 5.84. The van der Waals surface area contributed by atoms with Gasteiger partial charge < -0.3 is 9.80 Å². The van der Waals surface area contributed by atoms with Gasteiger partial charge in [0.15, 0.2) is 0 Å². The Morgan fingerprint density at radius 1 is 1.10 bits per heavy atom. The Hall–Kier alpha value is -2.96. The minimum absolute atomic E-state index is 0.0256. The Kier molecular flexibility index (Phi) is 6.20. The molecule has 4 rings (SSSR count). The number of aromatic nitrogens is 1. The average molecular weight is 440 g/mol. The summed E-state index contributed by atoms with van der Waals surface area (Å²) < 4.78 is 28.2. The summed E-state index contributed by atoms with van der Waals surface area (Å²) in [7, 11) is -3.65. The van der Waals surface area contributed by atoms with Crippen molar-refractivity contribution < 1.29 is 13.2 Å². The largest absolute Gasteiger partial charge is 0.352 e. The number of nitrogens with zero attached hydrogens (tertiary/aromatic N) is 4. The van der Waals surface area contributed by atoms with Crippen LogP contribution in [0.4, 0.5) is 5.82 Å². The molecule has 0 atom stereocenters. The van der Waals surface area contributed by atoms with Gasteiger partial charge >= 0.3 is 0 Å². The highest BCUT2D eigenvalue weighted by Crippen LogP contribution is 2.22. The Balaban J connectivity index is 1.43. The Morgan fingerprint density at radius 3 is 2.55 bits per heavy atom. The summed E-state index contributed by atoms with van der Waals surface area (Å²) >= 11 is 0. The SMILES string of the molecule is N#Cc1cccnc1N1CCN(C(=O)c2cccc(S(=O)(=O)NC3CCCC3)c2)CC1. The number of rotatable bonds is 5. The van der Waals surface area contributed by atoms with Crippen molar-refractivity contribution in [2.45, 2.75) is 36.6 Å². The van der Waals surface area contributed by atoms with Gasteiger partial charge in [0, 0.05) is 44.0 Å². The number of nitriles is 1. The first-order chi connectivity index (χ1) is 15.0. The van der Waals surface area contributed by atoms with Crippen molar-refractivity contribution in [1.29, 1.82) is 5.26 Å². The van der Waals surface area contributed by atoms with E-state index in [1.165, 1.54) is 12.1 Å². The molecule has 2 fully saturated rings. The van der Waals surface area contributed by atoms with Crippen LogP contribution in [-0.4, -0.2) is 56.4 Å². The van der Waals surface area contributed by atoms with E-state index >= 15 is 0 Å². The highest BCUT2D eigenvalue weighted by atomic mass is 32.2. The van der Waals surface area contributed by atoms with Crippen LogP contribution in [0.3, 0.4) is 0 Å². The number of hydrogen-bond acceptors (Lipinski definition) is 6. The van der Waals surface area contributed by atoms with Crippen LogP contribution in [0.1, 0.15) is 41.6 Å². The van der Waals surface area contributed by atoms with E-state index in [0.29, 0.717) is 43.1 Å². The van der Waals surface area contributed by atoms with Gasteiger partial charge in [0.05, 0.1) is 10.5 Å². The number of benzene rings is 1. The number of amides is 1. The molecule has 0 bridgehead atoms. The highest BCUT2D eigenvalue weighted by molar-refractivity contribution is 7.89. The molecule has 2 heterocycles. The number of hydrogen-bond donors (Lipinski definition) is 1. The zero-order chi connectivity index (χ0) is 21.8. The van der Waals surface area contributed by atoms with Crippen LogP contribution in [0, 0.1) is 11.3 Å². The topological polar surface area (TPSA) is 106 Å². The van der Waals surface area contributed by atoms with Crippen LogP contribution >= 0.6 is 0 Å². The third kappa shape index (κ3) is 4.70. The lowest BCUT2D eigenvalue weighted by Crippen LogP contribution is -2.49. The Morgan fingerprint density at radius 2 is 1.84 bits per heavy atom. The number of sulfonamides is 1. The van der Waals surface area contributed by atoms with Crippen LogP contribution in [0.5, 0.6) is 0 Å². The predicted molar refractivity (Wildman–Crippen MR) is 116 cm³/mol. The monoisotopic (exact) mass is 439 g/mol. The lowest BCUT2D eigenvalue weighted by atomic mass is 10.1. The second-order valence-corrected chi connectivity index (χ2v) is 9.61. The first-order valence-electron chi connectivity index (χ1n) is 10.5. The number of carbonyl (C=O) groups is 1. The maximum Gasteiger partial charge on any atom is 0.254 e. The number of carbonyl (C=O) groups excluding carboxylic acids is 1. The van der Waals surface area contributed by atoms with Gasteiger partial charge in [-0.2, -0.15) is 5.26 Å².